The smallest absolute Gasteiger partial charge is 0.118 e. The second kappa shape index (κ2) is 3.60. The zero-order valence-corrected chi connectivity index (χ0v) is 6.13. The molecule has 1 heterocycles. The molecule has 0 aromatic rings. The predicted molar refractivity (Wildman–Crippen MR) is 38.4 cm³/mol. The summed E-state index contributed by atoms with van der Waals surface area (Å²) in [4.78, 5) is 0. The molecule has 0 unspecified atom stereocenters. The minimum Gasteiger partial charge on any atom is -0.381 e. The molecule has 0 aliphatic carbocycles. The standard InChI is InChI=1S/C8H12O2/c1-7(9)4-5-8-3-2-6-10-8/h7-9H,2-3,6H2,1H3/t7-,8+/m0/s1. The molecule has 0 aromatic heterocycles. The number of aliphatic hydroxyl groups excluding tert-OH is 1. The third-order valence-electron chi connectivity index (χ3n) is 1.38. The summed E-state index contributed by atoms with van der Waals surface area (Å²) >= 11 is 0. The average Bonchev–Trinajstić information content (AvgIpc) is 2.34. The van der Waals surface area contributed by atoms with Crippen LogP contribution in [0.25, 0.3) is 0 Å². The predicted octanol–water partition coefficient (Wildman–Crippen LogP) is 0.550. The van der Waals surface area contributed by atoms with E-state index in [4.69, 9.17) is 9.84 Å². The SMILES string of the molecule is C[C@H](O)C#C[C@H]1CCCO1. The van der Waals surface area contributed by atoms with Gasteiger partial charge >= 0.3 is 0 Å². The third kappa shape index (κ3) is 2.38. The Balaban J connectivity index is 2.31. The van der Waals surface area contributed by atoms with Crippen LogP contribution in [0.4, 0.5) is 0 Å². The van der Waals surface area contributed by atoms with Gasteiger partial charge in [0.05, 0.1) is 0 Å². The summed E-state index contributed by atoms with van der Waals surface area (Å²) in [5.74, 6) is 5.53. The van der Waals surface area contributed by atoms with Gasteiger partial charge in [0.25, 0.3) is 0 Å². The molecular formula is C8H12O2. The van der Waals surface area contributed by atoms with E-state index in [1.165, 1.54) is 0 Å². The largest absolute Gasteiger partial charge is 0.381 e. The number of hydrogen-bond acceptors (Lipinski definition) is 2. The quantitative estimate of drug-likeness (QED) is 0.498. The number of ether oxygens (including phenoxy) is 1. The summed E-state index contributed by atoms with van der Waals surface area (Å²) < 4.78 is 5.22. The van der Waals surface area contributed by atoms with Gasteiger partial charge in [0.1, 0.15) is 12.2 Å². The molecule has 0 radical (unpaired) electrons. The molecular weight excluding hydrogens is 128 g/mol. The van der Waals surface area contributed by atoms with Crippen molar-refractivity contribution in [1.29, 1.82) is 0 Å². The Hall–Kier alpha value is -0.520. The van der Waals surface area contributed by atoms with E-state index in [2.05, 4.69) is 11.8 Å². The van der Waals surface area contributed by atoms with Crippen LogP contribution < -0.4 is 0 Å². The van der Waals surface area contributed by atoms with Crippen LogP contribution in [0.2, 0.25) is 0 Å². The van der Waals surface area contributed by atoms with Crippen LogP contribution >= 0.6 is 0 Å². The first kappa shape index (κ1) is 7.59. The summed E-state index contributed by atoms with van der Waals surface area (Å²) in [5, 5.41) is 8.78. The highest BCUT2D eigenvalue weighted by molar-refractivity contribution is 5.09. The minimum absolute atomic E-state index is 0.0783. The fourth-order valence-corrected chi connectivity index (χ4v) is 0.905. The molecule has 1 fully saturated rings. The van der Waals surface area contributed by atoms with Crippen LogP contribution in [-0.4, -0.2) is 23.9 Å². The van der Waals surface area contributed by atoms with E-state index < -0.39 is 6.10 Å². The Morgan fingerprint density at radius 3 is 3.00 bits per heavy atom. The molecule has 1 rings (SSSR count). The van der Waals surface area contributed by atoms with Gasteiger partial charge in [0.15, 0.2) is 0 Å². The van der Waals surface area contributed by atoms with Crippen molar-refractivity contribution in [2.75, 3.05) is 6.61 Å². The van der Waals surface area contributed by atoms with Gasteiger partial charge in [-0.2, -0.15) is 0 Å². The maximum atomic E-state index is 8.78. The number of rotatable bonds is 0. The molecule has 0 aromatic carbocycles. The van der Waals surface area contributed by atoms with Gasteiger partial charge in [-0.05, 0) is 19.8 Å². The zero-order chi connectivity index (χ0) is 7.40. The second-order valence-electron chi connectivity index (χ2n) is 2.47. The highest BCUT2D eigenvalue weighted by Gasteiger charge is 2.11. The molecule has 56 valence electrons. The maximum absolute atomic E-state index is 8.78. The van der Waals surface area contributed by atoms with E-state index in [1.807, 2.05) is 0 Å². The van der Waals surface area contributed by atoms with E-state index in [-0.39, 0.29) is 6.10 Å². The van der Waals surface area contributed by atoms with E-state index in [0.717, 1.165) is 19.4 Å². The lowest BCUT2D eigenvalue weighted by atomic mass is 10.2. The fourth-order valence-electron chi connectivity index (χ4n) is 0.905. The van der Waals surface area contributed by atoms with Crippen molar-refractivity contribution in [3.63, 3.8) is 0 Å². The van der Waals surface area contributed by atoms with Crippen LogP contribution in [-0.2, 0) is 4.74 Å². The molecule has 0 amide bonds. The van der Waals surface area contributed by atoms with Gasteiger partial charge in [0, 0.05) is 6.61 Å². The van der Waals surface area contributed by atoms with Crippen molar-refractivity contribution < 1.29 is 9.84 Å². The topological polar surface area (TPSA) is 29.5 Å². The van der Waals surface area contributed by atoms with Crippen molar-refractivity contribution in [1.82, 2.24) is 0 Å². The van der Waals surface area contributed by atoms with Crippen LogP contribution in [0.3, 0.4) is 0 Å². The highest BCUT2D eigenvalue weighted by atomic mass is 16.5. The van der Waals surface area contributed by atoms with E-state index >= 15 is 0 Å². The van der Waals surface area contributed by atoms with Crippen molar-refractivity contribution >= 4 is 0 Å². The summed E-state index contributed by atoms with van der Waals surface area (Å²) in [6.07, 6.45) is 1.66. The molecule has 1 aliphatic rings. The fraction of sp³-hybridized carbons (Fsp3) is 0.750. The molecule has 0 bridgehead atoms. The van der Waals surface area contributed by atoms with Gasteiger partial charge < -0.3 is 9.84 Å². The first-order valence-corrected chi connectivity index (χ1v) is 3.60. The van der Waals surface area contributed by atoms with E-state index in [9.17, 15) is 0 Å². The summed E-state index contributed by atoms with van der Waals surface area (Å²) in [5.41, 5.74) is 0. The van der Waals surface area contributed by atoms with Crippen molar-refractivity contribution in [2.24, 2.45) is 0 Å². The van der Waals surface area contributed by atoms with Crippen LogP contribution in [0, 0.1) is 11.8 Å². The average molecular weight is 140 g/mol. The molecule has 0 saturated carbocycles. The molecule has 0 spiro atoms. The first-order chi connectivity index (χ1) is 4.79. The van der Waals surface area contributed by atoms with Gasteiger partial charge in [0.2, 0.25) is 0 Å². The second-order valence-corrected chi connectivity index (χ2v) is 2.47. The number of hydrogen-bond donors (Lipinski definition) is 1. The molecule has 1 aliphatic heterocycles. The Labute approximate surface area is 61.2 Å². The van der Waals surface area contributed by atoms with Gasteiger partial charge in [-0.3, -0.25) is 0 Å². The Morgan fingerprint density at radius 1 is 1.70 bits per heavy atom. The van der Waals surface area contributed by atoms with Crippen molar-refractivity contribution in [3.8, 4) is 11.8 Å². The minimum atomic E-state index is -0.524. The summed E-state index contributed by atoms with van der Waals surface area (Å²) in [7, 11) is 0. The van der Waals surface area contributed by atoms with Gasteiger partial charge in [-0.25, -0.2) is 0 Å². The van der Waals surface area contributed by atoms with Crippen LogP contribution in [0.5, 0.6) is 0 Å². The zero-order valence-electron chi connectivity index (χ0n) is 6.13. The lowest BCUT2D eigenvalue weighted by Gasteiger charge is -1.97. The van der Waals surface area contributed by atoms with Crippen molar-refractivity contribution in [2.45, 2.75) is 32.0 Å². The van der Waals surface area contributed by atoms with E-state index in [0.29, 0.717) is 0 Å². The molecule has 10 heavy (non-hydrogen) atoms. The maximum Gasteiger partial charge on any atom is 0.118 e. The molecule has 1 saturated heterocycles. The lowest BCUT2D eigenvalue weighted by molar-refractivity contribution is 0.151. The van der Waals surface area contributed by atoms with Crippen LogP contribution in [0.15, 0.2) is 0 Å². The molecule has 2 heteroatoms. The molecule has 2 nitrogen and oxygen atoms in total. The Morgan fingerprint density at radius 2 is 2.50 bits per heavy atom. The van der Waals surface area contributed by atoms with Gasteiger partial charge in [-0.15, -0.1) is 0 Å². The highest BCUT2D eigenvalue weighted by Crippen LogP contribution is 2.10. The lowest BCUT2D eigenvalue weighted by Crippen LogP contribution is -2.02. The van der Waals surface area contributed by atoms with Crippen LogP contribution in [0.1, 0.15) is 19.8 Å². The molecule has 1 N–H and O–H groups in total. The Kier molecular flexibility index (Phi) is 2.73. The van der Waals surface area contributed by atoms with Crippen molar-refractivity contribution in [3.05, 3.63) is 0 Å². The van der Waals surface area contributed by atoms with Gasteiger partial charge in [-0.1, -0.05) is 11.8 Å². The third-order valence-corrected chi connectivity index (χ3v) is 1.38. The summed E-state index contributed by atoms with van der Waals surface area (Å²) in [6, 6.07) is 0. The summed E-state index contributed by atoms with van der Waals surface area (Å²) in [6.45, 7) is 2.47. The van der Waals surface area contributed by atoms with E-state index in [1.54, 1.807) is 6.92 Å². The first-order valence-electron chi connectivity index (χ1n) is 3.60. The Bertz CT molecular complexity index is 146. The number of aliphatic hydroxyl groups is 1. The molecule has 2 atom stereocenters. The normalized spacial score (nSPS) is 27.2. The monoisotopic (exact) mass is 140 g/mol.